The van der Waals surface area contributed by atoms with Gasteiger partial charge in [0, 0.05) is 10.9 Å². The van der Waals surface area contributed by atoms with Gasteiger partial charge in [0.05, 0.1) is 11.4 Å². The predicted molar refractivity (Wildman–Crippen MR) is 84.3 cm³/mol. The van der Waals surface area contributed by atoms with Crippen LogP contribution in [0.4, 0.5) is 0 Å². The standard InChI is InChI=1S/C14H13ClN6S/c15-10-2-1-3-11(6-10)21-8-16-20-14(21)22-7-12-17-13(19-18-12)9-4-5-9/h1-3,6,8-9H,4-5,7H2,(H,17,18,19). The highest BCUT2D eigenvalue weighted by Crippen LogP contribution is 2.38. The van der Waals surface area contributed by atoms with E-state index in [0.29, 0.717) is 16.7 Å². The molecule has 112 valence electrons. The summed E-state index contributed by atoms with van der Waals surface area (Å²) < 4.78 is 1.91. The van der Waals surface area contributed by atoms with E-state index in [9.17, 15) is 0 Å². The zero-order valence-electron chi connectivity index (χ0n) is 11.6. The van der Waals surface area contributed by atoms with Gasteiger partial charge in [-0.2, -0.15) is 5.10 Å². The van der Waals surface area contributed by atoms with Gasteiger partial charge in [0.1, 0.15) is 12.2 Å². The Morgan fingerprint density at radius 3 is 3.09 bits per heavy atom. The molecule has 0 unspecified atom stereocenters. The van der Waals surface area contributed by atoms with Gasteiger partial charge < -0.3 is 0 Å². The Kier molecular flexibility index (Phi) is 3.59. The first-order chi connectivity index (χ1) is 10.8. The first-order valence-corrected chi connectivity index (χ1v) is 8.36. The van der Waals surface area contributed by atoms with Crippen LogP contribution >= 0.6 is 23.4 Å². The van der Waals surface area contributed by atoms with Gasteiger partial charge in [0.25, 0.3) is 0 Å². The van der Waals surface area contributed by atoms with E-state index in [1.165, 1.54) is 12.8 Å². The number of thioether (sulfide) groups is 1. The molecule has 4 rings (SSSR count). The smallest absolute Gasteiger partial charge is 0.196 e. The van der Waals surface area contributed by atoms with E-state index in [-0.39, 0.29) is 0 Å². The first-order valence-electron chi connectivity index (χ1n) is 6.99. The molecule has 1 aliphatic carbocycles. The average molecular weight is 333 g/mol. The second kappa shape index (κ2) is 5.73. The van der Waals surface area contributed by atoms with Crippen LogP contribution in [-0.2, 0) is 5.75 Å². The number of halogens is 1. The zero-order valence-corrected chi connectivity index (χ0v) is 13.2. The van der Waals surface area contributed by atoms with Crippen LogP contribution < -0.4 is 0 Å². The summed E-state index contributed by atoms with van der Waals surface area (Å²) in [5.74, 6) is 3.04. The van der Waals surface area contributed by atoms with E-state index in [1.54, 1.807) is 18.1 Å². The number of aromatic nitrogens is 6. The van der Waals surface area contributed by atoms with Gasteiger partial charge in [-0.25, -0.2) is 4.98 Å². The molecule has 1 fully saturated rings. The lowest BCUT2D eigenvalue weighted by Gasteiger charge is -2.05. The van der Waals surface area contributed by atoms with Crippen molar-refractivity contribution in [1.29, 1.82) is 0 Å². The minimum absolute atomic E-state index is 0.560. The highest BCUT2D eigenvalue weighted by Gasteiger charge is 2.27. The van der Waals surface area contributed by atoms with Crippen molar-refractivity contribution in [2.45, 2.75) is 29.7 Å². The highest BCUT2D eigenvalue weighted by molar-refractivity contribution is 7.98. The van der Waals surface area contributed by atoms with E-state index in [0.717, 1.165) is 22.5 Å². The molecule has 1 aromatic carbocycles. The summed E-state index contributed by atoms with van der Waals surface area (Å²) in [7, 11) is 0. The Hall–Kier alpha value is -1.86. The maximum atomic E-state index is 6.04. The molecule has 0 aliphatic heterocycles. The topological polar surface area (TPSA) is 72.3 Å². The lowest BCUT2D eigenvalue weighted by molar-refractivity contribution is 0.881. The van der Waals surface area contributed by atoms with Crippen LogP contribution in [0.15, 0.2) is 35.7 Å². The SMILES string of the molecule is Clc1cccc(-n2cnnc2SCc2nc(C3CC3)n[nH]2)c1. The third-order valence-corrected chi connectivity index (χ3v) is 4.62. The molecule has 2 heterocycles. The zero-order chi connectivity index (χ0) is 14.9. The normalized spacial score (nSPS) is 14.4. The van der Waals surface area contributed by atoms with Crippen molar-refractivity contribution >= 4 is 23.4 Å². The third-order valence-electron chi connectivity index (χ3n) is 3.43. The number of rotatable bonds is 5. The second-order valence-corrected chi connectivity index (χ2v) is 6.55. The number of nitrogens with zero attached hydrogens (tertiary/aromatic N) is 5. The number of H-pyrrole nitrogens is 1. The van der Waals surface area contributed by atoms with Crippen molar-refractivity contribution in [2.24, 2.45) is 0 Å². The predicted octanol–water partition coefficient (Wildman–Crippen LogP) is 3.21. The van der Waals surface area contributed by atoms with Crippen molar-refractivity contribution < 1.29 is 0 Å². The van der Waals surface area contributed by atoms with E-state index in [4.69, 9.17) is 11.6 Å². The van der Waals surface area contributed by atoms with Crippen molar-refractivity contribution in [3.63, 3.8) is 0 Å². The lowest BCUT2D eigenvalue weighted by Crippen LogP contribution is -1.95. The van der Waals surface area contributed by atoms with Crippen LogP contribution in [-0.4, -0.2) is 29.9 Å². The Balaban J connectivity index is 1.50. The Bertz CT molecular complexity index is 794. The highest BCUT2D eigenvalue weighted by atomic mass is 35.5. The molecule has 22 heavy (non-hydrogen) atoms. The number of hydrogen-bond donors (Lipinski definition) is 1. The largest absolute Gasteiger partial charge is 0.277 e. The average Bonchev–Trinajstić information content (AvgIpc) is 3.09. The molecule has 1 saturated carbocycles. The number of benzene rings is 1. The molecule has 0 spiro atoms. The van der Waals surface area contributed by atoms with Gasteiger partial charge in [-0.05, 0) is 31.0 Å². The van der Waals surface area contributed by atoms with Crippen LogP contribution in [0.1, 0.15) is 30.4 Å². The van der Waals surface area contributed by atoms with Crippen molar-refractivity contribution in [1.82, 2.24) is 29.9 Å². The molecule has 2 aromatic heterocycles. The molecule has 0 amide bonds. The van der Waals surface area contributed by atoms with E-state index in [1.807, 2.05) is 28.8 Å². The lowest BCUT2D eigenvalue weighted by atomic mass is 10.3. The molecule has 0 saturated heterocycles. The van der Waals surface area contributed by atoms with Gasteiger partial charge in [-0.1, -0.05) is 29.4 Å². The third kappa shape index (κ3) is 2.86. The van der Waals surface area contributed by atoms with Gasteiger partial charge in [0.2, 0.25) is 0 Å². The first kappa shape index (κ1) is 13.8. The second-order valence-electron chi connectivity index (χ2n) is 5.17. The summed E-state index contributed by atoms with van der Waals surface area (Å²) in [6, 6.07) is 7.61. The van der Waals surface area contributed by atoms with E-state index in [2.05, 4.69) is 25.4 Å². The summed E-state index contributed by atoms with van der Waals surface area (Å²) >= 11 is 7.61. The quantitative estimate of drug-likeness (QED) is 0.726. The molecule has 8 heteroatoms. The van der Waals surface area contributed by atoms with E-state index < -0.39 is 0 Å². The maximum Gasteiger partial charge on any atom is 0.196 e. The van der Waals surface area contributed by atoms with Crippen molar-refractivity contribution in [3.8, 4) is 5.69 Å². The molecular weight excluding hydrogens is 320 g/mol. The fourth-order valence-electron chi connectivity index (χ4n) is 2.16. The summed E-state index contributed by atoms with van der Waals surface area (Å²) in [6.45, 7) is 0. The molecule has 3 aromatic rings. The molecular formula is C14H13ClN6S. The number of nitrogens with one attached hydrogen (secondary N) is 1. The summed E-state index contributed by atoms with van der Waals surface area (Å²) in [6.07, 6.45) is 4.09. The van der Waals surface area contributed by atoms with Crippen LogP contribution in [0.25, 0.3) is 5.69 Å². The van der Waals surface area contributed by atoms with Crippen molar-refractivity contribution in [3.05, 3.63) is 47.3 Å². The molecule has 1 N–H and O–H groups in total. The molecule has 1 aliphatic rings. The number of hydrogen-bond acceptors (Lipinski definition) is 5. The molecule has 0 atom stereocenters. The van der Waals surface area contributed by atoms with Gasteiger partial charge in [-0.3, -0.25) is 9.67 Å². The van der Waals surface area contributed by atoms with E-state index >= 15 is 0 Å². The summed E-state index contributed by atoms with van der Waals surface area (Å²) in [4.78, 5) is 4.52. The monoisotopic (exact) mass is 332 g/mol. The fourth-order valence-corrected chi connectivity index (χ4v) is 3.13. The van der Waals surface area contributed by atoms with Crippen LogP contribution in [0, 0.1) is 0 Å². The van der Waals surface area contributed by atoms with Gasteiger partial charge in [-0.15, -0.1) is 10.2 Å². The van der Waals surface area contributed by atoms with Gasteiger partial charge in [0.15, 0.2) is 11.0 Å². The van der Waals surface area contributed by atoms with Crippen LogP contribution in [0.5, 0.6) is 0 Å². The summed E-state index contributed by atoms with van der Waals surface area (Å²) in [5, 5.41) is 16.9. The molecule has 0 radical (unpaired) electrons. The Morgan fingerprint density at radius 2 is 2.27 bits per heavy atom. The fraction of sp³-hybridized carbons (Fsp3) is 0.286. The van der Waals surface area contributed by atoms with Crippen LogP contribution in [0.3, 0.4) is 0 Å². The molecule has 0 bridgehead atoms. The van der Waals surface area contributed by atoms with Crippen molar-refractivity contribution in [2.75, 3.05) is 0 Å². The maximum absolute atomic E-state index is 6.04. The minimum atomic E-state index is 0.560. The number of aromatic amines is 1. The van der Waals surface area contributed by atoms with Crippen LogP contribution in [0.2, 0.25) is 5.02 Å². The summed E-state index contributed by atoms with van der Waals surface area (Å²) in [5.41, 5.74) is 0.941. The molecule has 6 nitrogen and oxygen atoms in total. The minimum Gasteiger partial charge on any atom is -0.277 e. The Morgan fingerprint density at radius 1 is 1.36 bits per heavy atom. The van der Waals surface area contributed by atoms with Gasteiger partial charge >= 0.3 is 0 Å². The Labute approximate surface area is 136 Å².